The van der Waals surface area contributed by atoms with E-state index in [1.54, 1.807) is 0 Å². The maximum absolute atomic E-state index is 6.21. The highest BCUT2D eigenvalue weighted by atomic mass is 15.1. The van der Waals surface area contributed by atoms with E-state index in [2.05, 4.69) is 42.2 Å². The summed E-state index contributed by atoms with van der Waals surface area (Å²) in [5.74, 6) is 0. The third-order valence-corrected chi connectivity index (χ3v) is 3.40. The Hall–Kier alpha value is -1.12. The molecule has 0 saturated heterocycles. The normalized spacial score (nSPS) is 18.8. The minimum absolute atomic E-state index is 0.169. The van der Waals surface area contributed by atoms with E-state index in [-0.39, 0.29) is 6.04 Å². The van der Waals surface area contributed by atoms with E-state index in [9.17, 15) is 0 Å². The summed E-state index contributed by atoms with van der Waals surface area (Å²) in [6.07, 6.45) is 4.57. The average Bonchev–Trinajstić information content (AvgIpc) is 2.37. The molecule has 1 heterocycles. The molecule has 1 atom stereocenters. The zero-order valence-electron chi connectivity index (χ0n) is 10.6. The maximum Gasteiger partial charge on any atom is 0.0307 e. The Morgan fingerprint density at radius 3 is 2.76 bits per heavy atom. The summed E-state index contributed by atoms with van der Waals surface area (Å²) >= 11 is 0. The van der Waals surface area contributed by atoms with Crippen LogP contribution in [0, 0.1) is 0 Å². The lowest BCUT2D eigenvalue weighted by atomic mass is 10.0. The molecule has 0 spiro atoms. The van der Waals surface area contributed by atoms with Crippen LogP contribution in [0.4, 0.5) is 0 Å². The molecule has 0 fully saturated rings. The van der Waals surface area contributed by atoms with Gasteiger partial charge in [0.1, 0.15) is 0 Å². The molecular weight excluding hydrogens is 208 g/mol. The summed E-state index contributed by atoms with van der Waals surface area (Å²) < 4.78 is 0. The van der Waals surface area contributed by atoms with Gasteiger partial charge in [-0.3, -0.25) is 4.90 Å². The van der Waals surface area contributed by atoms with Crippen LogP contribution in [0.15, 0.2) is 42.0 Å². The lowest BCUT2D eigenvalue weighted by Gasteiger charge is -2.27. The fraction of sp³-hybridized carbons (Fsp3) is 0.467. The second-order valence-electron chi connectivity index (χ2n) is 4.92. The summed E-state index contributed by atoms with van der Waals surface area (Å²) in [4.78, 5) is 2.50. The fourth-order valence-electron chi connectivity index (χ4n) is 2.37. The van der Waals surface area contributed by atoms with Gasteiger partial charge in [0.15, 0.2) is 0 Å². The van der Waals surface area contributed by atoms with Crippen molar-refractivity contribution >= 4 is 0 Å². The van der Waals surface area contributed by atoms with Crippen molar-refractivity contribution in [1.82, 2.24) is 4.90 Å². The minimum atomic E-state index is 0.169. The Kier molecular flexibility index (Phi) is 4.35. The van der Waals surface area contributed by atoms with Crippen LogP contribution in [0.2, 0.25) is 0 Å². The van der Waals surface area contributed by atoms with Crippen LogP contribution < -0.4 is 5.73 Å². The highest BCUT2D eigenvalue weighted by molar-refractivity contribution is 5.18. The summed E-state index contributed by atoms with van der Waals surface area (Å²) in [6.45, 7) is 5.60. The highest BCUT2D eigenvalue weighted by Gasteiger charge is 2.12. The molecule has 1 aromatic rings. The largest absolute Gasteiger partial charge is 0.324 e. The van der Waals surface area contributed by atoms with E-state index < -0.39 is 0 Å². The third kappa shape index (κ3) is 3.69. The highest BCUT2D eigenvalue weighted by Crippen LogP contribution is 2.16. The van der Waals surface area contributed by atoms with Crippen molar-refractivity contribution in [3.05, 3.63) is 47.5 Å². The Morgan fingerprint density at radius 1 is 1.29 bits per heavy atom. The van der Waals surface area contributed by atoms with Gasteiger partial charge in [0, 0.05) is 25.7 Å². The van der Waals surface area contributed by atoms with Gasteiger partial charge in [-0.05, 0) is 25.3 Å². The lowest BCUT2D eigenvalue weighted by molar-refractivity contribution is 0.278. The van der Waals surface area contributed by atoms with E-state index in [0.29, 0.717) is 0 Å². The molecule has 1 aliphatic heterocycles. The summed E-state index contributed by atoms with van der Waals surface area (Å²) in [5.41, 5.74) is 8.94. The van der Waals surface area contributed by atoms with Crippen molar-refractivity contribution in [1.29, 1.82) is 0 Å². The van der Waals surface area contributed by atoms with Gasteiger partial charge in [-0.1, -0.05) is 42.0 Å². The molecule has 92 valence electrons. The van der Waals surface area contributed by atoms with Gasteiger partial charge in [-0.15, -0.1) is 0 Å². The molecule has 17 heavy (non-hydrogen) atoms. The Morgan fingerprint density at radius 2 is 2.06 bits per heavy atom. The number of nitrogens with two attached hydrogens (primary N) is 1. The van der Waals surface area contributed by atoms with Gasteiger partial charge in [0.2, 0.25) is 0 Å². The quantitative estimate of drug-likeness (QED) is 0.806. The smallest absolute Gasteiger partial charge is 0.0307 e. The molecule has 2 N–H and O–H groups in total. The van der Waals surface area contributed by atoms with Crippen molar-refractivity contribution in [3.8, 4) is 0 Å². The van der Waals surface area contributed by atoms with Crippen LogP contribution in [0.5, 0.6) is 0 Å². The van der Waals surface area contributed by atoms with Gasteiger partial charge in [0.05, 0.1) is 0 Å². The van der Waals surface area contributed by atoms with Crippen molar-refractivity contribution < 1.29 is 0 Å². The first-order chi connectivity index (χ1) is 8.25. The molecule has 0 radical (unpaired) electrons. The van der Waals surface area contributed by atoms with Crippen molar-refractivity contribution in [2.75, 3.05) is 19.6 Å². The molecule has 0 aromatic heterocycles. The first-order valence-electron chi connectivity index (χ1n) is 6.44. The molecule has 2 heteroatoms. The zero-order chi connectivity index (χ0) is 12.1. The average molecular weight is 230 g/mol. The van der Waals surface area contributed by atoms with Crippen molar-refractivity contribution in [3.63, 3.8) is 0 Å². The number of hydrogen-bond donors (Lipinski definition) is 1. The monoisotopic (exact) mass is 230 g/mol. The van der Waals surface area contributed by atoms with E-state index in [4.69, 9.17) is 5.73 Å². The van der Waals surface area contributed by atoms with Gasteiger partial charge in [-0.2, -0.15) is 0 Å². The first kappa shape index (κ1) is 12.3. The van der Waals surface area contributed by atoms with Gasteiger partial charge >= 0.3 is 0 Å². The molecule has 1 unspecified atom stereocenters. The molecule has 2 nitrogen and oxygen atoms in total. The van der Waals surface area contributed by atoms with Crippen LogP contribution in [0.1, 0.15) is 31.4 Å². The fourth-order valence-corrected chi connectivity index (χ4v) is 2.37. The van der Waals surface area contributed by atoms with Crippen LogP contribution in [-0.2, 0) is 0 Å². The number of nitrogens with zero attached hydrogens (tertiary/aromatic N) is 1. The van der Waals surface area contributed by atoms with E-state index in [1.165, 1.54) is 24.1 Å². The van der Waals surface area contributed by atoms with Crippen LogP contribution in [-0.4, -0.2) is 24.5 Å². The Labute approximate surface area is 104 Å². The molecule has 0 amide bonds. The summed E-state index contributed by atoms with van der Waals surface area (Å²) in [6, 6.07) is 10.6. The predicted octanol–water partition coefficient (Wildman–Crippen LogP) is 2.73. The lowest BCUT2D eigenvalue weighted by Crippen LogP contribution is -2.32. The second-order valence-corrected chi connectivity index (χ2v) is 4.92. The van der Waals surface area contributed by atoms with Crippen LogP contribution in [0.25, 0.3) is 0 Å². The molecule has 0 saturated carbocycles. The Bertz CT molecular complexity index is 370. The van der Waals surface area contributed by atoms with Crippen molar-refractivity contribution in [2.24, 2.45) is 5.73 Å². The molecule has 0 bridgehead atoms. The molecular formula is C15H22N2. The SMILES string of the molecule is CC1=CCCN(CCC(N)c2ccccc2)C1. The molecule has 1 aliphatic rings. The van der Waals surface area contributed by atoms with E-state index in [0.717, 1.165) is 19.5 Å². The van der Waals surface area contributed by atoms with Crippen LogP contribution >= 0.6 is 0 Å². The predicted molar refractivity (Wildman–Crippen MR) is 72.8 cm³/mol. The number of benzene rings is 1. The summed E-state index contributed by atoms with van der Waals surface area (Å²) in [7, 11) is 0. The van der Waals surface area contributed by atoms with E-state index >= 15 is 0 Å². The third-order valence-electron chi connectivity index (χ3n) is 3.40. The minimum Gasteiger partial charge on any atom is -0.324 e. The zero-order valence-corrected chi connectivity index (χ0v) is 10.6. The molecule has 0 aliphatic carbocycles. The topological polar surface area (TPSA) is 29.3 Å². The van der Waals surface area contributed by atoms with Gasteiger partial charge in [-0.25, -0.2) is 0 Å². The van der Waals surface area contributed by atoms with Crippen molar-refractivity contribution in [2.45, 2.75) is 25.8 Å². The number of rotatable bonds is 4. The van der Waals surface area contributed by atoms with E-state index in [1.807, 2.05) is 6.07 Å². The van der Waals surface area contributed by atoms with Gasteiger partial charge in [0.25, 0.3) is 0 Å². The Balaban J connectivity index is 1.81. The maximum atomic E-state index is 6.21. The van der Waals surface area contributed by atoms with Crippen LogP contribution in [0.3, 0.4) is 0 Å². The molecule has 1 aromatic carbocycles. The summed E-state index contributed by atoms with van der Waals surface area (Å²) in [5, 5.41) is 0. The second kappa shape index (κ2) is 5.99. The van der Waals surface area contributed by atoms with Gasteiger partial charge < -0.3 is 5.73 Å². The standard InChI is InChI=1S/C15H22N2/c1-13-6-5-10-17(12-13)11-9-15(16)14-7-3-2-4-8-14/h2-4,6-8,15H,5,9-12,16H2,1H3. The molecule has 2 rings (SSSR count). The first-order valence-corrected chi connectivity index (χ1v) is 6.44. The number of hydrogen-bond acceptors (Lipinski definition) is 2.